The lowest BCUT2D eigenvalue weighted by atomic mass is 10.6. The average Bonchev–Trinajstić information content (AvgIpc) is 1.63. The van der Waals surface area contributed by atoms with Gasteiger partial charge in [0.05, 0.1) is 26.3 Å². The Morgan fingerprint density at radius 2 is 2.33 bits per heavy atom. The average molecular weight is 148 g/mol. The second-order valence-corrected chi connectivity index (χ2v) is 3.61. The van der Waals surface area contributed by atoms with E-state index in [0.29, 0.717) is 18.5 Å². The van der Waals surface area contributed by atoms with Crippen LogP contribution >= 0.6 is 7.80 Å². The number of rotatable bonds is 4. The maximum Gasteiger partial charge on any atom is 0.0958 e. The fourth-order valence-corrected chi connectivity index (χ4v) is 1.19. The SMILES string of the molecule is C=C(C[PH](C)=O)OCC. The minimum atomic E-state index is -1.43. The maximum absolute atomic E-state index is 10.6. The largest absolute Gasteiger partial charge is 0.498 e. The van der Waals surface area contributed by atoms with Gasteiger partial charge in [0.25, 0.3) is 0 Å². The molecule has 0 aliphatic rings. The molecule has 0 aliphatic carbocycles. The van der Waals surface area contributed by atoms with Crippen LogP contribution in [0.2, 0.25) is 0 Å². The van der Waals surface area contributed by atoms with Crippen molar-refractivity contribution in [2.45, 2.75) is 6.92 Å². The van der Waals surface area contributed by atoms with E-state index in [-0.39, 0.29) is 0 Å². The fraction of sp³-hybridized carbons (Fsp3) is 0.667. The van der Waals surface area contributed by atoms with Crippen LogP contribution in [-0.4, -0.2) is 19.4 Å². The molecule has 0 fully saturated rings. The van der Waals surface area contributed by atoms with Crippen molar-refractivity contribution in [1.82, 2.24) is 0 Å². The number of ether oxygens (including phenoxy) is 1. The van der Waals surface area contributed by atoms with E-state index in [1.807, 2.05) is 6.92 Å². The molecule has 0 aromatic heterocycles. The van der Waals surface area contributed by atoms with Crippen LogP contribution in [0.1, 0.15) is 6.92 Å². The minimum Gasteiger partial charge on any atom is -0.498 e. The van der Waals surface area contributed by atoms with Crippen molar-refractivity contribution in [2.24, 2.45) is 0 Å². The summed E-state index contributed by atoms with van der Waals surface area (Å²) in [6.07, 6.45) is 0.526. The summed E-state index contributed by atoms with van der Waals surface area (Å²) in [5, 5.41) is 0. The summed E-state index contributed by atoms with van der Waals surface area (Å²) in [6.45, 7) is 7.80. The lowest BCUT2D eigenvalue weighted by Gasteiger charge is -2.02. The fourth-order valence-electron chi connectivity index (χ4n) is 0.533. The zero-order valence-electron chi connectivity index (χ0n) is 5.94. The standard InChI is InChI=1S/C6H13O2P/c1-4-8-6(2)5-9(3)7/h9H,2,4-5H2,1,3H3. The summed E-state index contributed by atoms with van der Waals surface area (Å²) >= 11 is 0. The van der Waals surface area contributed by atoms with Crippen LogP contribution in [0, 0.1) is 0 Å². The Bertz CT molecular complexity index is 120. The van der Waals surface area contributed by atoms with Gasteiger partial charge in [-0.2, -0.15) is 0 Å². The van der Waals surface area contributed by atoms with E-state index < -0.39 is 7.80 Å². The van der Waals surface area contributed by atoms with Crippen LogP contribution in [0.4, 0.5) is 0 Å². The lowest BCUT2D eigenvalue weighted by molar-refractivity contribution is 0.234. The molecule has 3 heteroatoms. The molecule has 0 heterocycles. The smallest absolute Gasteiger partial charge is 0.0958 e. The van der Waals surface area contributed by atoms with Crippen LogP contribution in [0.15, 0.2) is 12.3 Å². The zero-order valence-corrected chi connectivity index (χ0v) is 6.94. The predicted octanol–water partition coefficient (Wildman–Crippen LogP) is 1.73. The molecule has 0 bridgehead atoms. The molecule has 2 nitrogen and oxygen atoms in total. The quantitative estimate of drug-likeness (QED) is 0.448. The molecular formula is C6H13O2P. The van der Waals surface area contributed by atoms with Gasteiger partial charge in [0, 0.05) is 0 Å². The van der Waals surface area contributed by atoms with Gasteiger partial charge in [-0.25, -0.2) is 0 Å². The second-order valence-electron chi connectivity index (χ2n) is 1.85. The Morgan fingerprint density at radius 1 is 1.78 bits per heavy atom. The summed E-state index contributed by atoms with van der Waals surface area (Å²) in [4.78, 5) is 0. The van der Waals surface area contributed by atoms with E-state index in [4.69, 9.17) is 4.74 Å². The summed E-state index contributed by atoms with van der Waals surface area (Å²) in [6, 6.07) is 0. The van der Waals surface area contributed by atoms with Crippen molar-refractivity contribution in [2.75, 3.05) is 19.4 Å². The molecule has 0 saturated carbocycles. The first-order valence-electron chi connectivity index (χ1n) is 2.96. The van der Waals surface area contributed by atoms with Gasteiger partial charge in [-0.3, -0.25) is 0 Å². The van der Waals surface area contributed by atoms with Crippen molar-refractivity contribution in [3.8, 4) is 0 Å². The summed E-state index contributed by atoms with van der Waals surface area (Å²) in [7, 11) is -1.43. The van der Waals surface area contributed by atoms with Crippen molar-refractivity contribution >= 4 is 7.80 Å². The lowest BCUT2D eigenvalue weighted by Crippen LogP contribution is -1.91. The molecular weight excluding hydrogens is 135 g/mol. The highest BCUT2D eigenvalue weighted by Crippen LogP contribution is 2.17. The Hall–Kier alpha value is -0.230. The van der Waals surface area contributed by atoms with Gasteiger partial charge < -0.3 is 9.30 Å². The van der Waals surface area contributed by atoms with Gasteiger partial charge >= 0.3 is 0 Å². The Labute approximate surface area is 56.7 Å². The van der Waals surface area contributed by atoms with E-state index in [9.17, 15) is 4.57 Å². The summed E-state index contributed by atoms with van der Waals surface area (Å²) < 4.78 is 15.6. The van der Waals surface area contributed by atoms with Crippen molar-refractivity contribution in [1.29, 1.82) is 0 Å². The first kappa shape index (κ1) is 8.77. The van der Waals surface area contributed by atoms with E-state index >= 15 is 0 Å². The molecule has 0 spiro atoms. The number of hydrogen-bond donors (Lipinski definition) is 0. The Balaban J connectivity index is 3.39. The zero-order chi connectivity index (χ0) is 7.28. The predicted molar refractivity (Wildman–Crippen MR) is 40.6 cm³/mol. The van der Waals surface area contributed by atoms with Crippen LogP contribution in [0.5, 0.6) is 0 Å². The van der Waals surface area contributed by atoms with Crippen molar-refractivity contribution in [3.05, 3.63) is 12.3 Å². The third-order valence-electron chi connectivity index (χ3n) is 0.795. The van der Waals surface area contributed by atoms with E-state index in [0.717, 1.165) is 0 Å². The normalized spacial score (nSPS) is 12.7. The molecule has 0 rings (SSSR count). The van der Waals surface area contributed by atoms with Crippen molar-refractivity contribution < 1.29 is 9.30 Å². The third-order valence-corrected chi connectivity index (χ3v) is 1.69. The van der Waals surface area contributed by atoms with Crippen LogP contribution in [-0.2, 0) is 9.30 Å². The second kappa shape index (κ2) is 4.63. The van der Waals surface area contributed by atoms with Gasteiger partial charge in [0.15, 0.2) is 0 Å². The Morgan fingerprint density at radius 3 is 2.67 bits per heavy atom. The summed E-state index contributed by atoms with van der Waals surface area (Å²) in [5.41, 5.74) is 0. The van der Waals surface area contributed by atoms with E-state index in [2.05, 4.69) is 6.58 Å². The third kappa shape index (κ3) is 5.64. The van der Waals surface area contributed by atoms with E-state index in [1.165, 1.54) is 0 Å². The van der Waals surface area contributed by atoms with E-state index in [1.54, 1.807) is 6.66 Å². The van der Waals surface area contributed by atoms with Gasteiger partial charge in [-0.1, -0.05) is 6.58 Å². The number of allylic oxidation sites excluding steroid dienone is 1. The first-order valence-corrected chi connectivity index (χ1v) is 5.08. The molecule has 0 aromatic rings. The van der Waals surface area contributed by atoms with Crippen LogP contribution in [0.25, 0.3) is 0 Å². The molecule has 9 heavy (non-hydrogen) atoms. The van der Waals surface area contributed by atoms with Crippen LogP contribution in [0.3, 0.4) is 0 Å². The topological polar surface area (TPSA) is 26.3 Å². The number of hydrogen-bond acceptors (Lipinski definition) is 2. The van der Waals surface area contributed by atoms with Gasteiger partial charge in [0.2, 0.25) is 0 Å². The monoisotopic (exact) mass is 148 g/mol. The molecule has 1 atom stereocenters. The van der Waals surface area contributed by atoms with Crippen molar-refractivity contribution in [3.63, 3.8) is 0 Å². The molecule has 0 saturated heterocycles. The van der Waals surface area contributed by atoms with Crippen LogP contribution < -0.4 is 0 Å². The molecule has 0 aromatic carbocycles. The molecule has 0 N–H and O–H groups in total. The highest BCUT2D eigenvalue weighted by atomic mass is 31.1. The van der Waals surface area contributed by atoms with Gasteiger partial charge in [0.1, 0.15) is 0 Å². The van der Waals surface area contributed by atoms with Gasteiger partial charge in [-0.05, 0) is 13.6 Å². The highest BCUT2D eigenvalue weighted by Gasteiger charge is 1.94. The highest BCUT2D eigenvalue weighted by molar-refractivity contribution is 7.44. The molecule has 1 unspecified atom stereocenters. The molecule has 0 radical (unpaired) electrons. The molecule has 54 valence electrons. The first-order chi connectivity index (χ1) is 4.16. The minimum absolute atomic E-state index is 0.526. The summed E-state index contributed by atoms with van der Waals surface area (Å²) in [5.74, 6) is 0.642. The van der Waals surface area contributed by atoms with Gasteiger partial charge in [-0.15, -0.1) is 0 Å². The maximum atomic E-state index is 10.6. The Kier molecular flexibility index (Phi) is 4.51. The molecule has 0 aliphatic heterocycles. The molecule has 0 amide bonds.